The van der Waals surface area contributed by atoms with Gasteiger partial charge in [0.1, 0.15) is 0 Å². The van der Waals surface area contributed by atoms with E-state index in [1.807, 2.05) is 0 Å². The van der Waals surface area contributed by atoms with Gasteiger partial charge in [-0.25, -0.2) is 0 Å². The fourth-order valence-electron chi connectivity index (χ4n) is 6.21. The molecule has 0 saturated carbocycles. The van der Waals surface area contributed by atoms with Gasteiger partial charge in [-0.2, -0.15) is 0 Å². The van der Waals surface area contributed by atoms with Gasteiger partial charge in [0.05, 0.1) is 12.2 Å². The van der Waals surface area contributed by atoms with E-state index >= 15 is 0 Å². The Hall–Kier alpha value is -1.16. The van der Waals surface area contributed by atoms with E-state index < -0.39 is 0 Å². The molecule has 1 rings (SSSR count). The molecule has 0 bridgehead atoms. The van der Waals surface area contributed by atoms with Crippen LogP contribution in [-0.2, 0) is 9.47 Å². The Labute approximate surface area is 288 Å². The second-order valence-electron chi connectivity index (χ2n) is 13.9. The summed E-state index contributed by atoms with van der Waals surface area (Å²) < 4.78 is 12.9. The summed E-state index contributed by atoms with van der Waals surface area (Å²) >= 11 is 0. The third-order valence-electron chi connectivity index (χ3n) is 9.36. The maximum atomic E-state index is 6.45. The topological polar surface area (TPSA) is 21.7 Å². The molecule has 1 aliphatic rings. The van der Waals surface area contributed by atoms with Crippen LogP contribution in [0.1, 0.15) is 181 Å². The van der Waals surface area contributed by atoms with E-state index in [0.717, 1.165) is 52.0 Å². The van der Waals surface area contributed by atoms with E-state index in [0.29, 0.717) is 0 Å². The number of nitrogens with zero attached hydrogens (tertiary/aromatic N) is 1. The van der Waals surface area contributed by atoms with Crippen LogP contribution >= 0.6 is 0 Å². The van der Waals surface area contributed by atoms with Gasteiger partial charge in [-0.3, -0.25) is 0 Å². The van der Waals surface area contributed by atoms with Crippen LogP contribution in [0, 0.1) is 0 Å². The van der Waals surface area contributed by atoms with Crippen LogP contribution < -0.4 is 0 Å². The molecule has 1 fully saturated rings. The van der Waals surface area contributed by atoms with Crippen LogP contribution in [0.3, 0.4) is 0 Å². The minimum Gasteiger partial charge on any atom is -0.375 e. The van der Waals surface area contributed by atoms with Gasteiger partial charge in [0, 0.05) is 26.3 Å². The number of likely N-dealkylation sites (tertiary alicyclic amines) is 1. The lowest BCUT2D eigenvalue weighted by Crippen LogP contribution is -2.32. The fourth-order valence-corrected chi connectivity index (χ4v) is 6.21. The summed E-state index contributed by atoms with van der Waals surface area (Å²) in [6, 6.07) is 0. The Bertz CT molecular complexity index is 666. The molecule has 1 aliphatic heterocycles. The molecule has 0 aromatic heterocycles. The molecule has 0 spiro atoms. The molecule has 0 aromatic carbocycles. The fraction of sp³-hybridized carbons (Fsp3) is 0.814. The Kier molecular flexibility index (Phi) is 32.8. The summed E-state index contributed by atoms with van der Waals surface area (Å²) in [7, 11) is 2.24. The summed E-state index contributed by atoms with van der Waals surface area (Å²) in [4.78, 5) is 2.45. The monoisotopic (exact) mass is 642 g/mol. The molecule has 3 heteroatoms. The normalized spacial score (nSPS) is 18.2. The van der Waals surface area contributed by atoms with Crippen molar-refractivity contribution in [3.05, 3.63) is 48.6 Å². The van der Waals surface area contributed by atoms with Gasteiger partial charge in [0.15, 0.2) is 0 Å². The number of hydrogen-bond donors (Lipinski definition) is 0. The Morgan fingerprint density at radius 2 is 0.761 bits per heavy atom. The predicted octanol–water partition coefficient (Wildman–Crippen LogP) is 13.1. The maximum Gasteiger partial charge on any atom is 0.0849 e. The average Bonchev–Trinajstić information content (AvgIpc) is 3.24. The smallest absolute Gasteiger partial charge is 0.0849 e. The highest BCUT2D eigenvalue weighted by Gasteiger charge is 2.26. The van der Waals surface area contributed by atoms with Crippen molar-refractivity contribution >= 4 is 0 Å². The van der Waals surface area contributed by atoms with Crippen LogP contribution in [0.15, 0.2) is 48.6 Å². The minimum atomic E-state index is 0.271. The molecule has 0 aromatic rings. The summed E-state index contributed by atoms with van der Waals surface area (Å²) in [6.45, 7) is 8.58. The number of ether oxygens (including phenoxy) is 2. The molecule has 0 radical (unpaired) electrons. The van der Waals surface area contributed by atoms with Crippen LogP contribution in [0.4, 0.5) is 0 Å². The summed E-state index contributed by atoms with van der Waals surface area (Å²) in [6.07, 6.45) is 52.5. The SMILES string of the molecule is CCCCC/C=C\C/C=C\CCCCCCCCO[C@H]1CCN(C)CC[C@H]1OCCCCCCCC/C=C\C/C=C\CCCCC. The highest BCUT2D eigenvalue weighted by Crippen LogP contribution is 2.19. The van der Waals surface area contributed by atoms with Gasteiger partial charge < -0.3 is 14.4 Å². The first kappa shape index (κ1) is 42.9. The molecule has 3 nitrogen and oxygen atoms in total. The van der Waals surface area contributed by atoms with Crippen molar-refractivity contribution in [2.24, 2.45) is 0 Å². The summed E-state index contributed by atoms with van der Waals surface area (Å²) in [5, 5.41) is 0. The number of hydrogen-bond acceptors (Lipinski definition) is 3. The minimum absolute atomic E-state index is 0.271. The predicted molar refractivity (Wildman–Crippen MR) is 205 cm³/mol. The maximum absolute atomic E-state index is 6.45. The van der Waals surface area contributed by atoms with Crippen molar-refractivity contribution in [2.45, 2.75) is 193 Å². The van der Waals surface area contributed by atoms with Crippen LogP contribution in [0.25, 0.3) is 0 Å². The van der Waals surface area contributed by atoms with Gasteiger partial charge in [-0.1, -0.05) is 140 Å². The Morgan fingerprint density at radius 1 is 0.435 bits per heavy atom. The molecule has 0 aliphatic carbocycles. The summed E-state index contributed by atoms with van der Waals surface area (Å²) in [5.41, 5.74) is 0. The van der Waals surface area contributed by atoms with Crippen LogP contribution in [-0.4, -0.2) is 50.5 Å². The largest absolute Gasteiger partial charge is 0.375 e. The molecule has 268 valence electrons. The van der Waals surface area contributed by atoms with Crippen molar-refractivity contribution in [3.8, 4) is 0 Å². The molecule has 0 unspecified atom stereocenters. The zero-order valence-corrected chi connectivity index (χ0v) is 31.3. The van der Waals surface area contributed by atoms with Crippen LogP contribution in [0.5, 0.6) is 0 Å². The van der Waals surface area contributed by atoms with Gasteiger partial charge in [-0.05, 0) is 96.9 Å². The molecular formula is C43H79NO2. The molecule has 1 saturated heterocycles. The third-order valence-corrected chi connectivity index (χ3v) is 9.36. The van der Waals surface area contributed by atoms with E-state index in [4.69, 9.17) is 9.47 Å². The standard InChI is InChI=1S/C43H79NO2/c1-4-6-8-10-12-14-16-18-20-22-24-26-28-30-32-34-40-45-42-36-38-44(3)39-37-43(42)46-41-35-33-31-29-27-25-23-21-19-17-15-13-11-9-7-5-2/h12-15,18-21,42-43H,4-11,16-17,22-41H2,1-3H3/b14-12-,15-13-,20-18-,21-19-/t42-,43+. The zero-order valence-electron chi connectivity index (χ0n) is 31.3. The van der Waals surface area contributed by atoms with E-state index in [1.165, 1.54) is 141 Å². The lowest BCUT2D eigenvalue weighted by Gasteiger charge is -2.25. The lowest BCUT2D eigenvalue weighted by atomic mass is 10.1. The second kappa shape index (κ2) is 35.2. The third kappa shape index (κ3) is 29.0. The quantitative estimate of drug-likeness (QED) is 0.0539. The molecule has 2 atom stereocenters. The first-order valence-corrected chi connectivity index (χ1v) is 20.3. The van der Waals surface area contributed by atoms with Crippen molar-refractivity contribution in [1.29, 1.82) is 0 Å². The Morgan fingerprint density at radius 3 is 1.13 bits per heavy atom. The van der Waals surface area contributed by atoms with Gasteiger partial charge in [0.25, 0.3) is 0 Å². The molecule has 0 amide bonds. The van der Waals surface area contributed by atoms with Crippen molar-refractivity contribution in [3.63, 3.8) is 0 Å². The molecular weight excluding hydrogens is 562 g/mol. The van der Waals surface area contributed by atoms with Crippen molar-refractivity contribution < 1.29 is 9.47 Å². The molecule has 1 heterocycles. The lowest BCUT2D eigenvalue weighted by molar-refractivity contribution is -0.0753. The highest BCUT2D eigenvalue weighted by atomic mass is 16.5. The first-order chi connectivity index (χ1) is 22.8. The molecule has 0 N–H and O–H groups in total. The van der Waals surface area contributed by atoms with Crippen LogP contribution in [0.2, 0.25) is 0 Å². The Balaban J connectivity index is 2.01. The number of allylic oxidation sites excluding steroid dienone is 8. The van der Waals surface area contributed by atoms with Crippen molar-refractivity contribution in [1.82, 2.24) is 4.90 Å². The van der Waals surface area contributed by atoms with E-state index in [1.54, 1.807) is 0 Å². The number of unbranched alkanes of at least 4 members (excludes halogenated alkanes) is 18. The number of rotatable bonds is 32. The first-order valence-electron chi connectivity index (χ1n) is 20.3. The van der Waals surface area contributed by atoms with E-state index in [-0.39, 0.29) is 12.2 Å². The molecule has 46 heavy (non-hydrogen) atoms. The van der Waals surface area contributed by atoms with Crippen molar-refractivity contribution in [2.75, 3.05) is 33.4 Å². The zero-order chi connectivity index (χ0) is 33.0. The average molecular weight is 642 g/mol. The van der Waals surface area contributed by atoms with E-state index in [9.17, 15) is 0 Å². The highest BCUT2D eigenvalue weighted by molar-refractivity contribution is 4.93. The summed E-state index contributed by atoms with van der Waals surface area (Å²) in [5.74, 6) is 0. The van der Waals surface area contributed by atoms with Gasteiger partial charge in [-0.15, -0.1) is 0 Å². The van der Waals surface area contributed by atoms with Gasteiger partial charge >= 0.3 is 0 Å². The second-order valence-corrected chi connectivity index (χ2v) is 13.9. The van der Waals surface area contributed by atoms with Gasteiger partial charge in [0.2, 0.25) is 0 Å². The van der Waals surface area contributed by atoms with E-state index in [2.05, 4.69) is 74.4 Å².